The Kier molecular flexibility index (Phi) is 3.34. The van der Waals surface area contributed by atoms with Crippen LogP contribution in [0.4, 0.5) is 0 Å². The SMILES string of the molecule is CCCN1Cc2cc(OC)c(OC)cc2C1. The molecule has 16 heavy (non-hydrogen) atoms. The van der Waals surface area contributed by atoms with Crippen molar-refractivity contribution in [2.75, 3.05) is 20.8 Å². The Morgan fingerprint density at radius 1 is 1.06 bits per heavy atom. The first-order valence-electron chi connectivity index (χ1n) is 5.74. The third-order valence-corrected chi connectivity index (χ3v) is 3.03. The van der Waals surface area contributed by atoms with Crippen molar-refractivity contribution in [2.24, 2.45) is 0 Å². The molecule has 0 saturated carbocycles. The van der Waals surface area contributed by atoms with Crippen LogP contribution in [0.3, 0.4) is 0 Å². The van der Waals surface area contributed by atoms with E-state index < -0.39 is 0 Å². The van der Waals surface area contributed by atoms with E-state index in [1.165, 1.54) is 17.5 Å². The number of benzene rings is 1. The van der Waals surface area contributed by atoms with Gasteiger partial charge in [0.1, 0.15) is 0 Å². The molecule has 1 aliphatic heterocycles. The van der Waals surface area contributed by atoms with Crippen LogP contribution in [-0.2, 0) is 13.1 Å². The molecule has 1 aliphatic rings. The van der Waals surface area contributed by atoms with Crippen LogP contribution < -0.4 is 9.47 Å². The highest BCUT2D eigenvalue weighted by Crippen LogP contribution is 2.34. The average Bonchev–Trinajstić information content (AvgIpc) is 2.68. The van der Waals surface area contributed by atoms with Crippen molar-refractivity contribution in [3.05, 3.63) is 23.3 Å². The molecule has 3 heteroatoms. The minimum absolute atomic E-state index is 0.833. The van der Waals surface area contributed by atoms with E-state index >= 15 is 0 Å². The number of fused-ring (bicyclic) bond motifs is 1. The molecule has 1 aromatic carbocycles. The summed E-state index contributed by atoms with van der Waals surface area (Å²) in [4.78, 5) is 2.45. The highest BCUT2D eigenvalue weighted by Gasteiger charge is 2.20. The lowest BCUT2D eigenvalue weighted by Crippen LogP contribution is -2.16. The zero-order valence-corrected chi connectivity index (χ0v) is 10.2. The Bertz CT molecular complexity index is 343. The van der Waals surface area contributed by atoms with Crippen LogP contribution in [0.2, 0.25) is 0 Å². The molecule has 0 spiro atoms. The third kappa shape index (κ3) is 2.00. The molecule has 88 valence electrons. The first-order chi connectivity index (χ1) is 7.78. The van der Waals surface area contributed by atoms with Crippen molar-refractivity contribution in [2.45, 2.75) is 26.4 Å². The average molecular weight is 221 g/mol. The Morgan fingerprint density at radius 2 is 1.56 bits per heavy atom. The first-order valence-corrected chi connectivity index (χ1v) is 5.74. The number of hydrogen-bond acceptors (Lipinski definition) is 3. The summed E-state index contributed by atoms with van der Waals surface area (Å²) in [6, 6.07) is 4.20. The lowest BCUT2D eigenvalue weighted by molar-refractivity contribution is 0.285. The summed E-state index contributed by atoms with van der Waals surface area (Å²) in [6.07, 6.45) is 1.20. The van der Waals surface area contributed by atoms with Gasteiger partial charge in [-0.25, -0.2) is 0 Å². The summed E-state index contributed by atoms with van der Waals surface area (Å²) in [5.74, 6) is 1.67. The van der Waals surface area contributed by atoms with E-state index in [1.54, 1.807) is 14.2 Å². The quantitative estimate of drug-likeness (QED) is 0.779. The Morgan fingerprint density at radius 3 is 1.94 bits per heavy atom. The van der Waals surface area contributed by atoms with Crippen LogP contribution in [-0.4, -0.2) is 25.7 Å². The Balaban J connectivity index is 2.25. The molecule has 0 atom stereocenters. The minimum Gasteiger partial charge on any atom is -0.493 e. The second-order valence-electron chi connectivity index (χ2n) is 4.19. The van der Waals surface area contributed by atoms with Crippen LogP contribution in [0.15, 0.2) is 12.1 Å². The molecule has 0 unspecified atom stereocenters. The molecular formula is C13H19NO2. The Hall–Kier alpha value is -1.22. The lowest BCUT2D eigenvalue weighted by atomic mass is 10.1. The molecule has 0 bridgehead atoms. The van der Waals surface area contributed by atoms with Gasteiger partial charge in [0, 0.05) is 13.1 Å². The van der Waals surface area contributed by atoms with Gasteiger partial charge < -0.3 is 9.47 Å². The normalized spacial score (nSPS) is 14.9. The predicted octanol–water partition coefficient (Wildman–Crippen LogP) is 2.43. The van der Waals surface area contributed by atoms with Gasteiger partial charge in [0.2, 0.25) is 0 Å². The summed E-state index contributed by atoms with van der Waals surface area (Å²) >= 11 is 0. The zero-order valence-electron chi connectivity index (χ0n) is 10.2. The van der Waals surface area contributed by atoms with E-state index in [9.17, 15) is 0 Å². The van der Waals surface area contributed by atoms with E-state index in [0.717, 1.165) is 31.1 Å². The van der Waals surface area contributed by atoms with Gasteiger partial charge in [-0.3, -0.25) is 4.90 Å². The van der Waals surface area contributed by atoms with E-state index in [-0.39, 0.29) is 0 Å². The van der Waals surface area contributed by atoms with Crippen LogP contribution in [0.1, 0.15) is 24.5 Å². The van der Waals surface area contributed by atoms with Gasteiger partial charge in [-0.1, -0.05) is 6.92 Å². The van der Waals surface area contributed by atoms with Crippen LogP contribution in [0.5, 0.6) is 11.5 Å². The zero-order chi connectivity index (χ0) is 11.5. The summed E-state index contributed by atoms with van der Waals surface area (Å²) < 4.78 is 10.6. The van der Waals surface area contributed by atoms with E-state index in [0.29, 0.717) is 0 Å². The summed E-state index contributed by atoms with van der Waals surface area (Å²) in [6.45, 7) is 5.43. The molecule has 1 heterocycles. The molecule has 2 rings (SSSR count). The number of ether oxygens (including phenoxy) is 2. The monoisotopic (exact) mass is 221 g/mol. The summed E-state index contributed by atoms with van der Waals surface area (Å²) in [5.41, 5.74) is 2.73. The molecule has 0 saturated heterocycles. The van der Waals surface area contributed by atoms with Crippen LogP contribution in [0, 0.1) is 0 Å². The van der Waals surface area contributed by atoms with Crippen molar-refractivity contribution in [1.82, 2.24) is 4.90 Å². The fraction of sp³-hybridized carbons (Fsp3) is 0.538. The van der Waals surface area contributed by atoms with Crippen molar-refractivity contribution in [3.8, 4) is 11.5 Å². The number of hydrogen-bond donors (Lipinski definition) is 0. The maximum absolute atomic E-state index is 5.31. The molecule has 0 N–H and O–H groups in total. The van der Waals surface area contributed by atoms with Crippen LogP contribution in [0.25, 0.3) is 0 Å². The molecule has 0 fully saturated rings. The molecular weight excluding hydrogens is 202 g/mol. The first kappa shape index (κ1) is 11.3. The van der Waals surface area contributed by atoms with E-state index in [2.05, 4.69) is 24.0 Å². The highest BCUT2D eigenvalue weighted by molar-refractivity contribution is 5.48. The number of nitrogens with zero attached hydrogens (tertiary/aromatic N) is 1. The van der Waals surface area contributed by atoms with Crippen LogP contribution >= 0.6 is 0 Å². The van der Waals surface area contributed by atoms with Crippen molar-refractivity contribution in [1.29, 1.82) is 0 Å². The van der Waals surface area contributed by atoms with Crippen molar-refractivity contribution in [3.63, 3.8) is 0 Å². The third-order valence-electron chi connectivity index (χ3n) is 3.03. The molecule has 0 aliphatic carbocycles. The molecule has 0 amide bonds. The van der Waals surface area contributed by atoms with Gasteiger partial charge in [0.05, 0.1) is 14.2 Å². The summed E-state index contributed by atoms with van der Waals surface area (Å²) in [7, 11) is 3.37. The predicted molar refractivity (Wildman–Crippen MR) is 64.0 cm³/mol. The molecule has 3 nitrogen and oxygen atoms in total. The number of rotatable bonds is 4. The van der Waals surface area contributed by atoms with Gasteiger partial charge >= 0.3 is 0 Å². The topological polar surface area (TPSA) is 21.7 Å². The standard InChI is InChI=1S/C13H19NO2/c1-4-5-14-8-10-6-12(15-2)13(16-3)7-11(10)9-14/h6-7H,4-5,8-9H2,1-3H3. The highest BCUT2D eigenvalue weighted by atomic mass is 16.5. The fourth-order valence-corrected chi connectivity index (χ4v) is 2.27. The van der Waals surface area contributed by atoms with E-state index in [1.807, 2.05) is 0 Å². The second-order valence-corrected chi connectivity index (χ2v) is 4.19. The second kappa shape index (κ2) is 4.74. The molecule has 1 aromatic rings. The van der Waals surface area contributed by atoms with Crippen molar-refractivity contribution < 1.29 is 9.47 Å². The van der Waals surface area contributed by atoms with Gasteiger partial charge in [0.15, 0.2) is 11.5 Å². The maximum atomic E-state index is 5.31. The number of methoxy groups -OCH3 is 2. The largest absolute Gasteiger partial charge is 0.493 e. The lowest BCUT2D eigenvalue weighted by Gasteiger charge is -2.11. The van der Waals surface area contributed by atoms with Gasteiger partial charge in [-0.15, -0.1) is 0 Å². The molecule has 0 aromatic heterocycles. The van der Waals surface area contributed by atoms with Gasteiger partial charge in [-0.05, 0) is 36.2 Å². The van der Waals surface area contributed by atoms with Crippen molar-refractivity contribution >= 4 is 0 Å². The fourth-order valence-electron chi connectivity index (χ4n) is 2.27. The minimum atomic E-state index is 0.833. The molecule has 0 radical (unpaired) electrons. The summed E-state index contributed by atoms with van der Waals surface area (Å²) in [5, 5.41) is 0. The van der Waals surface area contributed by atoms with Gasteiger partial charge in [-0.2, -0.15) is 0 Å². The Labute approximate surface area is 97.0 Å². The maximum Gasteiger partial charge on any atom is 0.161 e. The smallest absolute Gasteiger partial charge is 0.161 e. The van der Waals surface area contributed by atoms with E-state index in [4.69, 9.17) is 9.47 Å². The van der Waals surface area contributed by atoms with Gasteiger partial charge in [0.25, 0.3) is 0 Å².